The van der Waals surface area contributed by atoms with E-state index in [9.17, 15) is 10.1 Å². The number of nitro benzene ring substituents is 1. The van der Waals surface area contributed by atoms with Crippen molar-refractivity contribution in [1.29, 1.82) is 0 Å². The molecule has 6 nitrogen and oxygen atoms in total. The van der Waals surface area contributed by atoms with Gasteiger partial charge in [0.1, 0.15) is 5.82 Å². The predicted octanol–water partition coefficient (Wildman–Crippen LogP) is 2.93. The van der Waals surface area contributed by atoms with E-state index in [4.69, 9.17) is 11.6 Å². The summed E-state index contributed by atoms with van der Waals surface area (Å²) >= 11 is 5.85. The first-order chi connectivity index (χ1) is 9.20. The van der Waals surface area contributed by atoms with Crippen LogP contribution in [-0.4, -0.2) is 19.7 Å². The average Bonchev–Trinajstić information content (AvgIpc) is 3.17. The molecular weight excluding hydrogens is 268 g/mol. The van der Waals surface area contributed by atoms with Gasteiger partial charge in [0, 0.05) is 23.7 Å². The second kappa shape index (κ2) is 4.62. The second-order valence-electron chi connectivity index (χ2n) is 4.48. The summed E-state index contributed by atoms with van der Waals surface area (Å²) in [6.45, 7) is 0. The van der Waals surface area contributed by atoms with E-state index in [0.29, 0.717) is 29.1 Å². The maximum Gasteiger partial charge on any atom is 0.270 e. The molecule has 1 fully saturated rings. The number of hydrogen-bond donors (Lipinski definition) is 0. The molecule has 0 saturated heterocycles. The average molecular weight is 279 g/mol. The minimum absolute atomic E-state index is 0.0512. The summed E-state index contributed by atoms with van der Waals surface area (Å²) in [6, 6.07) is 6.80. The molecule has 19 heavy (non-hydrogen) atoms. The third-order valence-corrected chi connectivity index (χ3v) is 3.35. The summed E-state index contributed by atoms with van der Waals surface area (Å²) in [7, 11) is 0. The van der Waals surface area contributed by atoms with E-state index in [1.54, 1.807) is 12.1 Å². The number of non-ortho nitro benzene ring substituents is 1. The van der Waals surface area contributed by atoms with Gasteiger partial charge < -0.3 is 4.57 Å². The lowest BCUT2D eigenvalue weighted by Gasteiger charge is -2.07. The lowest BCUT2D eigenvalue weighted by molar-refractivity contribution is -0.384. The maximum atomic E-state index is 10.8. The molecule has 0 bridgehead atoms. The van der Waals surface area contributed by atoms with Crippen LogP contribution >= 0.6 is 11.6 Å². The molecule has 7 heteroatoms. The Kier molecular flexibility index (Phi) is 2.94. The Labute approximate surface area is 114 Å². The van der Waals surface area contributed by atoms with Gasteiger partial charge in [0.25, 0.3) is 5.69 Å². The first-order valence-electron chi connectivity index (χ1n) is 5.95. The first-order valence-corrected chi connectivity index (χ1v) is 6.48. The molecule has 1 heterocycles. The van der Waals surface area contributed by atoms with Crippen LogP contribution in [0.3, 0.4) is 0 Å². The van der Waals surface area contributed by atoms with E-state index in [0.717, 1.165) is 12.8 Å². The Balaban J connectivity index is 2.09. The predicted molar refractivity (Wildman–Crippen MR) is 69.9 cm³/mol. The lowest BCUT2D eigenvalue weighted by atomic mass is 10.2. The van der Waals surface area contributed by atoms with Gasteiger partial charge in [-0.15, -0.1) is 21.8 Å². The van der Waals surface area contributed by atoms with E-state index in [1.807, 2.05) is 4.57 Å². The lowest BCUT2D eigenvalue weighted by Crippen LogP contribution is -2.02. The Bertz CT molecular complexity index is 636. The van der Waals surface area contributed by atoms with E-state index < -0.39 is 4.92 Å². The van der Waals surface area contributed by atoms with Crippen molar-refractivity contribution in [3.05, 3.63) is 40.2 Å². The van der Waals surface area contributed by atoms with Crippen LogP contribution in [0.1, 0.15) is 24.7 Å². The summed E-state index contributed by atoms with van der Waals surface area (Å²) in [5, 5.41) is 19.0. The zero-order valence-electron chi connectivity index (χ0n) is 9.99. The Morgan fingerprint density at radius 1 is 1.42 bits per heavy atom. The second-order valence-corrected chi connectivity index (χ2v) is 4.75. The molecule has 0 amide bonds. The van der Waals surface area contributed by atoms with Crippen molar-refractivity contribution in [2.75, 3.05) is 0 Å². The van der Waals surface area contributed by atoms with Gasteiger partial charge >= 0.3 is 0 Å². The Morgan fingerprint density at radius 3 is 2.84 bits per heavy atom. The normalized spacial score (nSPS) is 14.6. The van der Waals surface area contributed by atoms with Crippen molar-refractivity contribution in [2.24, 2.45) is 0 Å². The molecule has 1 saturated carbocycles. The van der Waals surface area contributed by atoms with Crippen molar-refractivity contribution >= 4 is 17.3 Å². The molecule has 98 valence electrons. The van der Waals surface area contributed by atoms with Gasteiger partial charge in [0.2, 0.25) is 0 Å². The molecule has 0 N–H and O–H groups in total. The van der Waals surface area contributed by atoms with Gasteiger partial charge in [0.15, 0.2) is 5.82 Å². The molecule has 2 aromatic rings. The number of rotatable bonds is 4. The largest absolute Gasteiger partial charge is 0.307 e. The zero-order valence-corrected chi connectivity index (χ0v) is 10.7. The van der Waals surface area contributed by atoms with Crippen LogP contribution in [0.4, 0.5) is 5.69 Å². The van der Waals surface area contributed by atoms with Crippen molar-refractivity contribution in [3.8, 4) is 11.4 Å². The van der Waals surface area contributed by atoms with E-state index in [-0.39, 0.29) is 5.69 Å². The molecule has 1 aliphatic rings. The highest BCUT2D eigenvalue weighted by atomic mass is 35.5. The van der Waals surface area contributed by atoms with Crippen LogP contribution in [-0.2, 0) is 5.88 Å². The van der Waals surface area contributed by atoms with Crippen molar-refractivity contribution in [2.45, 2.75) is 24.8 Å². The first kappa shape index (κ1) is 12.1. The topological polar surface area (TPSA) is 73.8 Å². The van der Waals surface area contributed by atoms with Crippen molar-refractivity contribution in [1.82, 2.24) is 14.8 Å². The number of nitro groups is 1. The smallest absolute Gasteiger partial charge is 0.270 e. The molecule has 0 unspecified atom stereocenters. The summed E-state index contributed by atoms with van der Waals surface area (Å²) in [4.78, 5) is 10.4. The number of nitrogens with zero attached hydrogens (tertiary/aromatic N) is 4. The number of halogens is 1. The Hall–Kier alpha value is -1.95. The van der Waals surface area contributed by atoms with Crippen LogP contribution in [0.25, 0.3) is 11.4 Å². The van der Waals surface area contributed by atoms with Gasteiger partial charge in [-0.3, -0.25) is 10.1 Å². The standard InChI is InChI=1S/C12H11ClN4O2/c13-7-11-14-15-12(16(11)9-4-5-9)8-2-1-3-10(6-8)17(18)19/h1-3,6,9H,4-5,7H2. The molecule has 0 spiro atoms. The third kappa shape index (κ3) is 2.19. The van der Waals surface area contributed by atoms with E-state index in [2.05, 4.69) is 10.2 Å². The maximum absolute atomic E-state index is 10.8. The fourth-order valence-electron chi connectivity index (χ4n) is 2.09. The highest BCUT2D eigenvalue weighted by Gasteiger charge is 2.29. The summed E-state index contributed by atoms with van der Waals surface area (Å²) in [5.41, 5.74) is 0.750. The molecule has 1 aliphatic carbocycles. The molecule has 0 aliphatic heterocycles. The van der Waals surface area contributed by atoms with Gasteiger partial charge in [-0.1, -0.05) is 12.1 Å². The summed E-state index contributed by atoms with van der Waals surface area (Å²) in [5.74, 6) is 1.66. The van der Waals surface area contributed by atoms with Crippen LogP contribution in [0.5, 0.6) is 0 Å². The molecule has 1 aromatic carbocycles. The Morgan fingerprint density at radius 2 is 2.21 bits per heavy atom. The number of benzene rings is 1. The van der Waals surface area contributed by atoms with Gasteiger partial charge in [-0.05, 0) is 12.8 Å². The quantitative estimate of drug-likeness (QED) is 0.489. The summed E-state index contributed by atoms with van der Waals surface area (Å²) in [6.07, 6.45) is 2.15. The fourth-order valence-corrected chi connectivity index (χ4v) is 2.27. The van der Waals surface area contributed by atoms with Crippen molar-refractivity contribution < 1.29 is 4.92 Å². The third-order valence-electron chi connectivity index (χ3n) is 3.11. The molecule has 0 atom stereocenters. The fraction of sp³-hybridized carbons (Fsp3) is 0.333. The minimum atomic E-state index is -0.413. The minimum Gasteiger partial charge on any atom is -0.307 e. The highest BCUT2D eigenvalue weighted by molar-refractivity contribution is 6.16. The molecule has 1 aromatic heterocycles. The van der Waals surface area contributed by atoms with Crippen LogP contribution in [0, 0.1) is 10.1 Å². The zero-order chi connectivity index (χ0) is 13.4. The van der Waals surface area contributed by atoms with Gasteiger partial charge in [0.05, 0.1) is 10.8 Å². The van der Waals surface area contributed by atoms with Crippen LogP contribution < -0.4 is 0 Å². The SMILES string of the molecule is O=[N+]([O-])c1cccc(-c2nnc(CCl)n2C2CC2)c1. The summed E-state index contributed by atoms with van der Waals surface area (Å²) < 4.78 is 1.99. The van der Waals surface area contributed by atoms with Crippen LogP contribution in [0.15, 0.2) is 24.3 Å². The molecule has 0 radical (unpaired) electrons. The highest BCUT2D eigenvalue weighted by Crippen LogP contribution is 2.39. The van der Waals surface area contributed by atoms with E-state index in [1.165, 1.54) is 12.1 Å². The molecular formula is C12H11ClN4O2. The van der Waals surface area contributed by atoms with Gasteiger partial charge in [-0.25, -0.2) is 0 Å². The van der Waals surface area contributed by atoms with E-state index >= 15 is 0 Å². The number of alkyl halides is 1. The monoisotopic (exact) mass is 278 g/mol. The van der Waals surface area contributed by atoms with Crippen LogP contribution in [0.2, 0.25) is 0 Å². The molecule has 3 rings (SSSR count). The van der Waals surface area contributed by atoms with Gasteiger partial charge in [-0.2, -0.15) is 0 Å². The number of aromatic nitrogens is 3. The van der Waals surface area contributed by atoms with Crippen molar-refractivity contribution in [3.63, 3.8) is 0 Å². The number of hydrogen-bond acceptors (Lipinski definition) is 4.